The van der Waals surface area contributed by atoms with Crippen LogP contribution in [-0.4, -0.2) is 28.1 Å². The van der Waals surface area contributed by atoms with Gasteiger partial charge in [-0.15, -0.1) is 0 Å². The second kappa shape index (κ2) is 5.87. The highest BCUT2D eigenvalue weighted by Gasteiger charge is 2.35. The highest BCUT2D eigenvalue weighted by molar-refractivity contribution is 6.03. The van der Waals surface area contributed by atoms with Crippen molar-refractivity contribution in [2.24, 2.45) is 13.0 Å². The van der Waals surface area contributed by atoms with Crippen LogP contribution in [0.25, 0.3) is 0 Å². The van der Waals surface area contributed by atoms with E-state index in [9.17, 15) is 9.59 Å². The molecule has 6 nitrogen and oxygen atoms in total. The van der Waals surface area contributed by atoms with Crippen LogP contribution in [0, 0.1) is 19.8 Å². The lowest BCUT2D eigenvalue weighted by molar-refractivity contribution is -0.122. The molecule has 1 unspecified atom stereocenters. The summed E-state index contributed by atoms with van der Waals surface area (Å²) in [6.07, 6.45) is 3.56. The Bertz CT molecular complexity index is 766. The average Bonchev–Trinajstić information content (AvgIpc) is 3.08. The molecule has 0 bridgehead atoms. The third kappa shape index (κ3) is 2.97. The number of rotatable bonds is 3. The van der Waals surface area contributed by atoms with Crippen molar-refractivity contribution in [1.82, 2.24) is 9.78 Å². The van der Waals surface area contributed by atoms with Crippen LogP contribution in [0.15, 0.2) is 30.6 Å². The normalized spacial score (nSPS) is 17.6. The number of aromatic nitrogens is 2. The van der Waals surface area contributed by atoms with Crippen LogP contribution in [0.1, 0.15) is 17.5 Å². The summed E-state index contributed by atoms with van der Waals surface area (Å²) < 4.78 is 1.62. The molecule has 2 amide bonds. The van der Waals surface area contributed by atoms with E-state index in [4.69, 9.17) is 0 Å². The maximum atomic E-state index is 12.4. The fourth-order valence-corrected chi connectivity index (χ4v) is 2.87. The zero-order valence-corrected chi connectivity index (χ0v) is 13.5. The molecule has 0 radical (unpaired) electrons. The number of aryl methyl sites for hydroxylation is 2. The fourth-order valence-electron chi connectivity index (χ4n) is 2.87. The van der Waals surface area contributed by atoms with Crippen molar-refractivity contribution in [1.29, 1.82) is 0 Å². The number of hydrogen-bond acceptors (Lipinski definition) is 3. The molecule has 120 valence electrons. The zero-order chi connectivity index (χ0) is 16.6. The van der Waals surface area contributed by atoms with E-state index in [0.29, 0.717) is 12.2 Å². The first kappa shape index (κ1) is 15.3. The number of carbonyl (C=O) groups excluding carboxylic acids is 2. The van der Waals surface area contributed by atoms with Crippen LogP contribution < -0.4 is 10.2 Å². The molecule has 2 heterocycles. The van der Waals surface area contributed by atoms with Gasteiger partial charge in [-0.25, -0.2) is 0 Å². The molecule has 1 N–H and O–H groups in total. The summed E-state index contributed by atoms with van der Waals surface area (Å²) in [5, 5.41) is 6.84. The Morgan fingerprint density at radius 2 is 2.13 bits per heavy atom. The molecule has 23 heavy (non-hydrogen) atoms. The molecule has 0 spiro atoms. The molecule has 6 heteroatoms. The third-order valence-electron chi connectivity index (χ3n) is 4.34. The minimum atomic E-state index is -0.345. The van der Waals surface area contributed by atoms with Crippen molar-refractivity contribution in [2.45, 2.75) is 20.3 Å². The van der Waals surface area contributed by atoms with Crippen molar-refractivity contribution in [2.75, 3.05) is 16.8 Å². The Labute approximate surface area is 135 Å². The SMILES string of the molecule is Cc1cccc(N2CC(C(=O)Nc3cnn(C)c3)CC2=O)c1C. The lowest BCUT2D eigenvalue weighted by Crippen LogP contribution is -2.28. The quantitative estimate of drug-likeness (QED) is 0.943. The molecular formula is C17H20N4O2. The van der Waals surface area contributed by atoms with E-state index in [1.807, 2.05) is 32.0 Å². The van der Waals surface area contributed by atoms with Gasteiger partial charge < -0.3 is 10.2 Å². The molecule has 0 saturated carbocycles. The number of hydrogen-bond donors (Lipinski definition) is 1. The predicted octanol–water partition coefficient (Wildman–Crippen LogP) is 2.03. The second-order valence-electron chi connectivity index (χ2n) is 6.02. The van der Waals surface area contributed by atoms with Gasteiger partial charge in [0.15, 0.2) is 0 Å². The van der Waals surface area contributed by atoms with Gasteiger partial charge in [0.05, 0.1) is 17.8 Å². The van der Waals surface area contributed by atoms with Crippen LogP contribution in [-0.2, 0) is 16.6 Å². The fraction of sp³-hybridized carbons (Fsp3) is 0.353. The van der Waals surface area contributed by atoms with E-state index in [0.717, 1.165) is 16.8 Å². The lowest BCUT2D eigenvalue weighted by atomic mass is 10.1. The van der Waals surface area contributed by atoms with Gasteiger partial charge >= 0.3 is 0 Å². The predicted molar refractivity (Wildman–Crippen MR) is 88.2 cm³/mol. The van der Waals surface area contributed by atoms with Crippen LogP contribution >= 0.6 is 0 Å². The van der Waals surface area contributed by atoms with Crippen molar-refractivity contribution in [3.63, 3.8) is 0 Å². The van der Waals surface area contributed by atoms with Crippen LogP contribution in [0.4, 0.5) is 11.4 Å². The van der Waals surface area contributed by atoms with Gasteiger partial charge in [0, 0.05) is 31.9 Å². The monoisotopic (exact) mass is 312 g/mol. The lowest BCUT2D eigenvalue weighted by Gasteiger charge is -2.20. The minimum Gasteiger partial charge on any atom is -0.323 e. The van der Waals surface area contributed by atoms with Crippen molar-refractivity contribution in [3.05, 3.63) is 41.7 Å². The maximum Gasteiger partial charge on any atom is 0.229 e. The van der Waals surface area contributed by atoms with Gasteiger partial charge in [0.1, 0.15) is 0 Å². The van der Waals surface area contributed by atoms with E-state index < -0.39 is 0 Å². The Morgan fingerprint density at radius 1 is 1.35 bits per heavy atom. The highest BCUT2D eigenvalue weighted by atomic mass is 16.2. The van der Waals surface area contributed by atoms with Crippen LogP contribution in [0.2, 0.25) is 0 Å². The highest BCUT2D eigenvalue weighted by Crippen LogP contribution is 2.29. The number of carbonyl (C=O) groups is 2. The summed E-state index contributed by atoms with van der Waals surface area (Å²) >= 11 is 0. The van der Waals surface area contributed by atoms with E-state index in [1.54, 1.807) is 29.0 Å². The molecule has 1 atom stereocenters. The zero-order valence-electron chi connectivity index (χ0n) is 13.5. The second-order valence-corrected chi connectivity index (χ2v) is 6.02. The van der Waals surface area contributed by atoms with Crippen molar-refractivity contribution < 1.29 is 9.59 Å². The molecule has 1 aromatic heterocycles. The first-order chi connectivity index (χ1) is 11.0. The van der Waals surface area contributed by atoms with Gasteiger partial charge in [0.25, 0.3) is 0 Å². The summed E-state index contributed by atoms with van der Waals surface area (Å²) in [5.41, 5.74) is 3.76. The Hall–Kier alpha value is -2.63. The Morgan fingerprint density at radius 3 is 2.83 bits per heavy atom. The molecular weight excluding hydrogens is 292 g/mol. The minimum absolute atomic E-state index is 0.00923. The molecule has 1 saturated heterocycles. The smallest absolute Gasteiger partial charge is 0.229 e. The van der Waals surface area contributed by atoms with Gasteiger partial charge in [-0.3, -0.25) is 14.3 Å². The summed E-state index contributed by atoms with van der Waals surface area (Å²) in [6, 6.07) is 5.89. The largest absolute Gasteiger partial charge is 0.323 e. The van der Waals surface area contributed by atoms with Gasteiger partial charge in [-0.2, -0.15) is 5.10 Å². The number of nitrogens with zero attached hydrogens (tertiary/aromatic N) is 3. The van der Waals surface area contributed by atoms with Gasteiger partial charge in [-0.1, -0.05) is 12.1 Å². The van der Waals surface area contributed by atoms with E-state index in [1.165, 1.54) is 0 Å². The van der Waals surface area contributed by atoms with E-state index in [2.05, 4.69) is 10.4 Å². The van der Waals surface area contributed by atoms with E-state index in [-0.39, 0.29) is 24.2 Å². The first-order valence-electron chi connectivity index (χ1n) is 7.62. The number of nitrogens with one attached hydrogen (secondary N) is 1. The Balaban J connectivity index is 1.74. The van der Waals surface area contributed by atoms with Gasteiger partial charge in [0.2, 0.25) is 11.8 Å². The number of amides is 2. The molecule has 3 rings (SSSR count). The summed E-state index contributed by atoms with van der Waals surface area (Å²) in [7, 11) is 1.79. The van der Waals surface area contributed by atoms with Crippen molar-refractivity contribution >= 4 is 23.2 Å². The topological polar surface area (TPSA) is 67.2 Å². The van der Waals surface area contributed by atoms with Crippen LogP contribution in [0.3, 0.4) is 0 Å². The van der Waals surface area contributed by atoms with Gasteiger partial charge in [-0.05, 0) is 31.0 Å². The maximum absolute atomic E-state index is 12.4. The summed E-state index contributed by atoms with van der Waals surface area (Å²) in [6.45, 7) is 4.43. The molecule has 1 aliphatic heterocycles. The first-order valence-corrected chi connectivity index (χ1v) is 7.62. The molecule has 1 aliphatic rings. The number of anilines is 2. The molecule has 1 aromatic carbocycles. The standard InChI is InChI=1S/C17H20N4O2/c1-11-5-4-6-15(12(11)2)21-9-13(7-16(21)22)17(23)19-14-8-18-20(3)10-14/h4-6,8,10,13H,7,9H2,1-3H3,(H,19,23). The van der Waals surface area contributed by atoms with Crippen LogP contribution in [0.5, 0.6) is 0 Å². The number of benzene rings is 1. The Kier molecular flexibility index (Phi) is 3.90. The average molecular weight is 312 g/mol. The summed E-state index contributed by atoms with van der Waals surface area (Å²) in [5.74, 6) is -0.494. The third-order valence-corrected chi connectivity index (χ3v) is 4.34. The molecule has 1 fully saturated rings. The molecule has 0 aliphatic carbocycles. The van der Waals surface area contributed by atoms with E-state index >= 15 is 0 Å². The van der Waals surface area contributed by atoms with Crippen molar-refractivity contribution in [3.8, 4) is 0 Å². The summed E-state index contributed by atoms with van der Waals surface area (Å²) in [4.78, 5) is 26.4. The molecule has 2 aromatic rings.